The molecule has 98 valence electrons. The van der Waals surface area contributed by atoms with Crippen molar-refractivity contribution in [1.82, 2.24) is 15.0 Å². The van der Waals surface area contributed by atoms with Crippen molar-refractivity contribution in [2.45, 2.75) is 45.7 Å². The van der Waals surface area contributed by atoms with Gasteiger partial charge in [-0.25, -0.2) is 4.98 Å². The summed E-state index contributed by atoms with van der Waals surface area (Å²) in [5, 5.41) is 0. The van der Waals surface area contributed by atoms with E-state index in [9.17, 15) is 0 Å². The molecule has 0 amide bonds. The van der Waals surface area contributed by atoms with Crippen LogP contribution >= 0.6 is 0 Å². The van der Waals surface area contributed by atoms with E-state index < -0.39 is 0 Å². The van der Waals surface area contributed by atoms with Gasteiger partial charge in [0.2, 0.25) is 0 Å². The fourth-order valence-electron chi connectivity index (χ4n) is 2.30. The Balaban J connectivity index is 2.38. The number of aryl methyl sites for hydroxylation is 1. The average Bonchev–Trinajstić information content (AvgIpc) is 2.75. The maximum absolute atomic E-state index is 5.56. The summed E-state index contributed by atoms with van der Waals surface area (Å²) in [4.78, 5) is 4.73. The molecule has 18 heavy (non-hydrogen) atoms. The van der Waals surface area contributed by atoms with Crippen LogP contribution in [0.3, 0.4) is 0 Å². The van der Waals surface area contributed by atoms with Crippen LogP contribution in [0.4, 0.5) is 0 Å². The van der Waals surface area contributed by atoms with Crippen LogP contribution in [-0.4, -0.2) is 15.6 Å². The first-order chi connectivity index (χ1) is 8.80. The number of hydrogen-bond donors (Lipinski definition) is 2. The summed E-state index contributed by atoms with van der Waals surface area (Å²) in [6.07, 6.45) is 2.99. The van der Waals surface area contributed by atoms with Crippen LogP contribution in [0.5, 0.6) is 0 Å². The summed E-state index contributed by atoms with van der Waals surface area (Å²) in [6, 6.07) is 8.60. The van der Waals surface area contributed by atoms with Crippen LogP contribution in [0, 0.1) is 0 Å². The second kappa shape index (κ2) is 5.98. The number of rotatable bonds is 6. The molecule has 1 unspecified atom stereocenters. The van der Waals surface area contributed by atoms with E-state index in [0.717, 1.165) is 37.1 Å². The smallest absolute Gasteiger partial charge is 0.111 e. The molecule has 0 aliphatic heterocycles. The van der Waals surface area contributed by atoms with Gasteiger partial charge in [-0.05, 0) is 25.0 Å². The predicted octanol–water partition coefficient (Wildman–Crippen LogP) is 2.23. The van der Waals surface area contributed by atoms with Crippen molar-refractivity contribution >= 4 is 11.0 Å². The Hall–Kier alpha value is -1.39. The van der Waals surface area contributed by atoms with E-state index >= 15 is 0 Å². The molecule has 1 aromatic carbocycles. The van der Waals surface area contributed by atoms with E-state index in [1.54, 1.807) is 0 Å². The molecule has 0 fully saturated rings. The van der Waals surface area contributed by atoms with Gasteiger partial charge >= 0.3 is 0 Å². The molecule has 0 spiro atoms. The lowest BCUT2D eigenvalue weighted by molar-refractivity contribution is 0.488. The molecule has 4 nitrogen and oxygen atoms in total. The van der Waals surface area contributed by atoms with Gasteiger partial charge in [0.05, 0.1) is 11.0 Å². The van der Waals surface area contributed by atoms with Crippen molar-refractivity contribution in [2.24, 2.45) is 5.84 Å². The van der Waals surface area contributed by atoms with Crippen LogP contribution in [0.15, 0.2) is 24.3 Å². The molecule has 2 rings (SSSR count). The molecule has 2 aromatic rings. The predicted molar refractivity (Wildman–Crippen MR) is 75.1 cm³/mol. The first-order valence-electron chi connectivity index (χ1n) is 6.70. The highest BCUT2D eigenvalue weighted by Gasteiger charge is 2.13. The molecule has 1 atom stereocenters. The van der Waals surface area contributed by atoms with Gasteiger partial charge in [-0.15, -0.1) is 0 Å². The summed E-state index contributed by atoms with van der Waals surface area (Å²) in [6.45, 7) is 5.34. The fraction of sp³-hybridized carbons (Fsp3) is 0.500. The van der Waals surface area contributed by atoms with Gasteiger partial charge < -0.3 is 4.57 Å². The number of aromatic nitrogens is 2. The van der Waals surface area contributed by atoms with Gasteiger partial charge in [-0.2, -0.15) is 0 Å². The quantitative estimate of drug-likeness (QED) is 0.607. The third-order valence-corrected chi connectivity index (χ3v) is 3.34. The first-order valence-corrected chi connectivity index (χ1v) is 6.70. The number of hydrazine groups is 1. The highest BCUT2D eigenvalue weighted by molar-refractivity contribution is 5.75. The summed E-state index contributed by atoms with van der Waals surface area (Å²) in [7, 11) is 0. The monoisotopic (exact) mass is 246 g/mol. The summed E-state index contributed by atoms with van der Waals surface area (Å²) < 4.78 is 2.31. The first kappa shape index (κ1) is 13.1. The van der Waals surface area contributed by atoms with Gasteiger partial charge in [-0.1, -0.05) is 26.0 Å². The van der Waals surface area contributed by atoms with Gasteiger partial charge in [0.25, 0.3) is 0 Å². The highest BCUT2D eigenvalue weighted by Crippen LogP contribution is 2.18. The highest BCUT2D eigenvalue weighted by atomic mass is 15.2. The second-order valence-corrected chi connectivity index (χ2v) is 4.64. The topological polar surface area (TPSA) is 55.9 Å². The van der Waals surface area contributed by atoms with Crippen LogP contribution in [-0.2, 0) is 13.0 Å². The zero-order valence-corrected chi connectivity index (χ0v) is 11.2. The number of hydrogen-bond acceptors (Lipinski definition) is 3. The minimum atomic E-state index is 0.289. The van der Waals surface area contributed by atoms with Crippen LogP contribution in [0.25, 0.3) is 11.0 Å². The Morgan fingerprint density at radius 1 is 1.33 bits per heavy atom. The van der Waals surface area contributed by atoms with E-state index in [-0.39, 0.29) is 6.04 Å². The van der Waals surface area contributed by atoms with E-state index in [1.165, 1.54) is 5.52 Å². The molecule has 3 N–H and O–H groups in total. The molecule has 1 heterocycles. The number of nitrogens with one attached hydrogen (secondary N) is 1. The van der Waals surface area contributed by atoms with Crippen molar-refractivity contribution in [3.63, 3.8) is 0 Å². The molecular weight excluding hydrogens is 224 g/mol. The zero-order chi connectivity index (χ0) is 13.0. The van der Waals surface area contributed by atoms with Gasteiger partial charge in [0.15, 0.2) is 0 Å². The molecule has 1 aromatic heterocycles. The molecule has 0 aliphatic carbocycles. The molecular formula is C14H22N4. The van der Waals surface area contributed by atoms with E-state index in [4.69, 9.17) is 10.8 Å². The van der Waals surface area contributed by atoms with Gasteiger partial charge in [-0.3, -0.25) is 11.3 Å². The number of fused-ring (bicyclic) bond motifs is 1. The third-order valence-electron chi connectivity index (χ3n) is 3.34. The van der Waals surface area contributed by atoms with E-state index in [2.05, 4.69) is 42.0 Å². The lowest BCUT2D eigenvalue weighted by atomic mass is 10.1. The number of benzene rings is 1. The van der Waals surface area contributed by atoms with Crippen molar-refractivity contribution in [3.05, 3.63) is 30.1 Å². The Bertz CT molecular complexity index is 499. The standard InChI is InChI=1S/C14H22N4/c1-3-9-18-13-8-6-5-7-12(13)16-14(18)10-11(4-2)17-15/h5-8,11,17H,3-4,9-10,15H2,1-2H3. The molecule has 0 saturated heterocycles. The number of nitrogens with zero attached hydrogens (tertiary/aromatic N) is 2. The van der Waals surface area contributed by atoms with Crippen LogP contribution in [0.2, 0.25) is 0 Å². The van der Waals surface area contributed by atoms with Gasteiger partial charge in [0.1, 0.15) is 5.82 Å². The molecule has 0 aliphatic rings. The molecule has 4 heteroatoms. The van der Waals surface area contributed by atoms with Crippen molar-refractivity contribution in [3.8, 4) is 0 Å². The lowest BCUT2D eigenvalue weighted by Crippen LogP contribution is -2.36. The normalized spacial score (nSPS) is 13.1. The van der Waals surface area contributed by atoms with Crippen LogP contribution < -0.4 is 11.3 Å². The molecule has 0 radical (unpaired) electrons. The Labute approximate surface area is 108 Å². The molecule has 0 saturated carbocycles. The number of imidazole rings is 1. The van der Waals surface area contributed by atoms with E-state index in [0.29, 0.717) is 0 Å². The summed E-state index contributed by atoms with van der Waals surface area (Å²) in [5.41, 5.74) is 5.16. The molecule has 0 bridgehead atoms. The Morgan fingerprint density at radius 3 is 2.78 bits per heavy atom. The number of nitrogens with two attached hydrogens (primary N) is 1. The minimum Gasteiger partial charge on any atom is -0.328 e. The number of para-hydroxylation sites is 2. The van der Waals surface area contributed by atoms with Gasteiger partial charge in [0, 0.05) is 19.0 Å². The van der Waals surface area contributed by atoms with E-state index in [1.807, 2.05) is 6.07 Å². The second-order valence-electron chi connectivity index (χ2n) is 4.64. The summed E-state index contributed by atoms with van der Waals surface area (Å²) in [5.74, 6) is 6.69. The lowest BCUT2D eigenvalue weighted by Gasteiger charge is -2.14. The Morgan fingerprint density at radius 2 is 2.11 bits per heavy atom. The van der Waals surface area contributed by atoms with Crippen molar-refractivity contribution in [1.29, 1.82) is 0 Å². The Kier molecular flexibility index (Phi) is 4.33. The average molecular weight is 246 g/mol. The maximum Gasteiger partial charge on any atom is 0.111 e. The SMILES string of the molecule is CCCn1c(CC(CC)NN)nc2ccccc21. The van der Waals surface area contributed by atoms with Crippen molar-refractivity contribution < 1.29 is 0 Å². The summed E-state index contributed by atoms with van der Waals surface area (Å²) >= 11 is 0. The van der Waals surface area contributed by atoms with Crippen molar-refractivity contribution in [2.75, 3.05) is 0 Å². The minimum absolute atomic E-state index is 0.289. The fourth-order valence-corrected chi connectivity index (χ4v) is 2.30. The third kappa shape index (κ3) is 2.54. The zero-order valence-electron chi connectivity index (χ0n) is 11.2. The largest absolute Gasteiger partial charge is 0.328 e. The maximum atomic E-state index is 5.56. The van der Waals surface area contributed by atoms with Crippen LogP contribution in [0.1, 0.15) is 32.5 Å².